The summed E-state index contributed by atoms with van der Waals surface area (Å²) in [4.78, 5) is 24.4. The second kappa shape index (κ2) is 12.8. The van der Waals surface area contributed by atoms with Crippen LogP contribution in [0.25, 0.3) is 0 Å². The quantitative estimate of drug-likeness (QED) is 0.360. The number of benzene rings is 3. The summed E-state index contributed by atoms with van der Waals surface area (Å²) >= 11 is 0. The van der Waals surface area contributed by atoms with Crippen LogP contribution in [0.1, 0.15) is 23.7 Å². The highest BCUT2D eigenvalue weighted by atomic mass is 16.5. The van der Waals surface area contributed by atoms with E-state index in [4.69, 9.17) is 9.47 Å². The van der Waals surface area contributed by atoms with Crippen LogP contribution in [0.3, 0.4) is 0 Å². The first-order valence-electron chi connectivity index (χ1n) is 11.0. The number of hydrogen-bond donors (Lipinski definition) is 3. The molecule has 2 amide bonds. The van der Waals surface area contributed by atoms with Crippen LogP contribution in [0.2, 0.25) is 0 Å². The number of para-hydroxylation sites is 1. The molecule has 0 aliphatic rings. The standard InChI is InChI=1S/C26H29N3O4/c1-2-14-27-26(31)20-8-6-10-22(17-20)29-25(30)19-28-21-9-7-13-24(18-21)33-16-15-32-23-11-4-3-5-12-23/h3-13,17-18,28H,2,14-16,19H2,1H3,(H,27,31)(H,29,30). The van der Waals surface area contributed by atoms with Gasteiger partial charge in [-0.25, -0.2) is 0 Å². The van der Waals surface area contributed by atoms with Gasteiger partial charge >= 0.3 is 0 Å². The van der Waals surface area contributed by atoms with E-state index >= 15 is 0 Å². The van der Waals surface area contributed by atoms with Crippen LogP contribution in [-0.2, 0) is 4.79 Å². The molecule has 0 aliphatic carbocycles. The Labute approximate surface area is 194 Å². The van der Waals surface area contributed by atoms with Crippen molar-refractivity contribution in [1.82, 2.24) is 5.32 Å². The van der Waals surface area contributed by atoms with E-state index in [1.807, 2.05) is 61.5 Å². The Morgan fingerprint density at radius 3 is 2.27 bits per heavy atom. The van der Waals surface area contributed by atoms with Crippen LogP contribution >= 0.6 is 0 Å². The monoisotopic (exact) mass is 447 g/mol. The molecule has 172 valence electrons. The zero-order valence-electron chi connectivity index (χ0n) is 18.7. The lowest BCUT2D eigenvalue weighted by molar-refractivity contribution is -0.114. The molecule has 3 rings (SSSR count). The van der Waals surface area contributed by atoms with Gasteiger partial charge in [-0.1, -0.05) is 37.3 Å². The maximum Gasteiger partial charge on any atom is 0.251 e. The topological polar surface area (TPSA) is 88.7 Å². The molecule has 3 aromatic carbocycles. The van der Waals surface area contributed by atoms with Crippen molar-refractivity contribution in [1.29, 1.82) is 0 Å². The molecule has 0 atom stereocenters. The smallest absolute Gasteiger partial charge is 0.251 e. The van der Waals surface area contributed by atoms with Crippen molar-refractivity contribution < 1.29 is 19.1 Å². The maximum absolute atomic E-state index is 12.3. The first-order chi connectivity index (χ1) is 16.1. The largest absolute Gasteiger partial charge is 0.490 e. The van der Waals surface area contributed by atoms with Gasteiger partial charge in [0.15, 0.2) is 0 Å². The highest BCUT2D eigenvalue weighted by Crippen LogP contribution is 2.18. The average Bonchev–Trinajstić information content (AvgIpc) is 2.85. The molecule has 33 heavy (non-hydrogen) atoms. The minimum atomic E-state index is -0.219. The van der Waals surface area contributed by atoms with Crippen molar-refractivity contribution in [3.63, 3.8) is 0 Å². The first-order valence-corrected chi connectivity index (χ1v) is 11.0. The van der Waals surface area contributed by atoms with Crippen LogP contribution in [0, 0.1) is 0 Å². The Bertz CT molecular complexity index is 1040. The fraction of sp³-hybridized carbons (Fsp3) is 0.231. The summed E-state index contributed by atoms with van der Waals surface area (Å²) in [6.45, 7) is 3.52. The molecule has 3 N–H and O–H groups in total. The molecule has 3 aromatic rings. The van der Waals surface area contributed by atoms with Crippen molar-refractivity contribution in [3.05, 3.63) is 84.4 Å². The molecule has 7 heteroatoms. The summed E-state index contributed by atoms with van der Waals surface area (Å²) in [6.07, 6.45) is 0.863. The molecule has 0 radical (unpaired) electrons. The van der Waals surface area contributed by atoms with Gasteiger partial charge in [-0.05, 0) is 48.9 Å². The van der Waals surface area contributed by atoms with Gasteiger partial charge < -0.3 is 25.4 Å². The molecular formula is C26H29N3O4. The minimum Gasteiger partial charge on any atom is -0.490 e. The number of carbonyl (C=O) groups is 2. The van der Waals surface area contributed by atoms with E-state index < -0.39 is 0 Å². The van der Waals surface area contributed by atoms with Gasteiger partial charge in [0.2, 0.25) is 5.91 Å². The Morgan fingerprint density at radius 2 is 1.48 bits per heavy atom. The second-order valence-corrected chi connectivity index (χ2v) is 7.28. The summed E-state index contributed by atoms with van der Waals surface area (Å²) in [5.74, 6) is 1.11. The average molecular weight is 448 g/mol. The van der Waals surface area contributed by atoms with E-state index in [9.17, 15) is 9.59 Å². The van der Waals surface area contributed by atoms with E-state index in [1.165, 1.54) is 0 Å². The highest BCUT2D eigenvalue weighted by molar-refractivity contribution is 5.98. The van der Waals surface area contributed by atoms with Crippen molar-refractivity contribution in [2.45, 2.75) is 13.3 Å². The molecule has 0 saturated heterocycles. The molecule has 7 nitrogen and oxygen atoms in total. The van der Waals surface area contributed by atoms with Crippen molar-refractivity contribution in [2.24, 2.45) is 0 Å². The molecule has 0 aliphatic heterocycles. The number of carbonyl (C=O) groups excluding carboxylic acids is 2. The molecular weight excluding hydrogens is 418 g/mol. The zero-order chi connectivity index (χ0) is 23.3. The van der Waals surface area contributed by atoms with Crippen LogP contribution in [-0.4, -0.2) is 38.1 Å². The van der Waals surface area contributed by atoms with E-state index in [2.05, 4.69) is 16.0 Å². The number of hydrogen-bond acceptors (Lipinski definition) is 5. The third-order valence-electron chi connectivity index (χ3n) is 4.60. The normalized spacial score (nSPS) is 10.2. The third kappa shape index (κ3) is 8.22. The lowest BCUT2D eigenvalue weighted by atomic mass is 10.2. The lowest BCUT2D eigenvalue weighted by Gasteiger charge is -2.11. The fourth-order valence-electron chi connectivity index (χ4n) is 3.00. The van der Waals surface area contributed by atoms with E-state index in [1.54, 1.807) is 24.3 Å². The van der Waals surface area contributed by atoms with E-state index in [-0.39, 0.29) is 18.4 Å². The number of ether oxygens (including phenoxy) is 2. The molecule has 0 bridgehead atoms. The van der Waals surface area contributed by atoms with Gasteiger partial charge in [-0.3, -0.25) is 9.59 Å². The van der Waals surface area contributed by atoms with Crippen LogP contribution < -0.4 is 25.4 Å². The van der Waals surface area contributed by atoms with E-state index in [0.717, 1.165) is 17.9 Å². The molecule has 0 unspecified atom stereocenters. The van der Waals surface area contributed by atoms with Crippen molar-refractivity contribution >= 4 is 23.2 Å². The second-order valence-electron chi connectivity index (χ2n) is 7.28. The number of anilines is 2. The highest BCUT2D eigenvalue weighted by Gasteiger charge is 2.08. The summed E-state index contributed by atoms with van der Waals surface area (Å²) in [5.41, 5.74) is 1.84. The van der Waals surface area contributed by atoms with Crippen molar-refractivity contribution in [2.75, 3.05) is 36.9 Å². The molecule has 0 heterocycles. The predicted octanol–water partition coefficient (Wildman–Crippen LogP) is 4.33. The third-order valence-corrected chi connectivity index (χ3v) is 4.60. The van der Waals surface area contributed by atoms with Gasteiger partial charge in [0.05, 0.1) is 6.54 Å². The Balaban J connectivity index is 1.43. The summed E-state index contributed by atoms with van der Waals surface area (Å²) in [7, 11) is 0. The van der Waals surface area contributed by atoms with Crippen molar-refractivity contribution in [3.8, 4) is 11.5 Å². The first kappa shape index (κ1) is 23.7. The van der Waals surface area contributed by atoms with Gasteiger partial charge in [0.25, 0.3) is 5.91 Å². The predicted molar refractivity (Wildman–Crippen MR) is 130 cm³/mol. The SMILES string of the molecule is CCCNC(=O)c1cccc(NC(=O)CNc2cccc(OCCOc3ccccc3)c2)c1. The zero-order valence-corrected chi connectivity index (χ0v) is 18.7. The summed E-state index contributed by atoms with van der Waals surface area (Å²) < 4.78 is 11.3. The van der Waals surface area contributed by atoms with Gasteiger partial charge in [0.1, 0.15) is 24.7 Å². The Kier molecular flexibility index (Phi) is 9.15. The van der Waals surface area contributed by atoms with Crippen LogP contribution in [0.15, 0.2) is 78.9 Å². The molecule has 0 fully saturated rings. The van der Waals surface area contributed by atoms with Gasteiger partial charge in [0, 0.05) is 29.5 Å². The fourth-order valence-corrected chi connectivity index (χ4v) is 3.00. The van der Waals surface area contributed by atoms with E-state index in [0.29, 0.717) is 36.8 Å². The van der Waals surface area contributed by atoms with Crippen LogP contribution in [0.4, 0.5) is 11.4 Å². The van der Waals surface area contributed by atoms with Gasteiger partial charge in [-0.2, -0.15) is 0 Å². The number of nitrogens with one attached hydrogen (secondary N) is 3. The molecule has 0 spiro atoms. The Morgan fingerprint density at radius 1 is 0.788 bits per heavy atom. The molecule has 0 aromatic heterocycles. The van der Waals surface area contributed by atoms with Gasteiger partial charge in [-0.15, -0.1) is 0 Å². The van der Waals surface area contributed by atoms with Crippen LogP contribution in [0.5, 0.6) is 11.5 Å². The number of amides is 2. The lowest BCUT2D eigenvalue weighted by Crippen LogP contribution is -2.24. The summed E-state index contributed by atoms with van der Waals surface area (Å²) in [6, 6.07) is 23.8. The number of rotatable bonds is 12. The molecule has 0 saturated carbocycles. The maximum atomic E-state index is 12.3. The summed E-state index contributed by atoms with van der Waals surface area (Å²) in [5, 5.41) is 8.71. The Hall–Kier alpha value is -4.00. The minimum absolute atomic E-state index is 0.0762.